The normalized spacial score (nSPS) is 31.5. The monoisotopic (exact) mass is 212 g/mol. The quantitative estimate of drug-likeness (QED) is 0.728. The van der Waals surface area contributed by atoms with Crippen LogP contribution in [0.3, 0.4) is 0 Å². The van der Waals surface area contributed by atoms with Gasteiger partial charge in [0.2, 0.25) is 0 Å². The Bertz CT molecular complexity index is 270. The number of aliphatic carboxylic acids is 1. The fourth-order valence-corrected chi connectivity index (χ4v) is 2.73. The standard InChI is InChI=1S/C12H20O3/c1-5-11(2,3)12(10(13)14)8-6-7-9(12)15-4/h5,9H,1,6-8H2,2-4H3,(H,13,14)/t9-,12-/m1/s1. The summed E-state index contributed by atoms with van der Waals surface area (Å²) in [7, 11) is 1.59. The molecule has 15 heavy (non-hydrogen) atoms. The van der Waals surface area contributed by atoms with E-state index in [1.165, 1.54) is 0 Å². The van der Waals surface area contributed by atoms with Crippen LogP contribution in [0.4, 0.5) is 0 Å². The molecule has 3 nitrogen and oxygen atoms in total. The number of ether oxygens (including phenoxy) is 1. The van der Waals surface area contributed by atoms with Crippen molar-refractivity contribution in [1.29, 1.82) is 0 Å². The maximum atomic E-state index is 11.6. The fraction of sp³-hybridized carbons (Fsp3) is 0.750. The van der Waals surface area contributed by atoms with Crippen molar-refractivity contribution >= 4 is 5.97 Å². The molecule has 0 aromatic carbocycles. The summed E-state index contributed by atoms with van der Waals surface area (Å²) in [6, 6.07) is 0. The van der Waals surface area contributed by atoms with Crippen molar-refractivity contribution in [2.75, 3.05) is 7.11 Å². The number of methoxy groups -OCH3 is 1. The largest absolute Gasteiger partial charge is 0.481 e. The minimum absolute atomic E-state index is 0.206. The third kappa shape index (κ3) is 1.59. The maximum absolute atomic E-state index is 11.6. The average Bonchev–Trinajstić information content (AvgIpc) is 2.62. The number of hydrogen-bond acceptors (Lipinski definition) is 2. The van der Waals surface area contributed by atoms with Crippen molar-refractivity contribution in [3.63, 3.8) is 0 Å². The molecule has 0 heterocycles. The van der Waals surface area contributed by atoms with E-state index in [2.05, 4.69) is 6.58 Å². The van der Waals surface area contributed by atoms with Gasteiger partial charge in [0.15, 0.2) is 0 Å². The van der Waals surface area contributed by atoms with Crippen LogP contribution in [-0.2, 0) is 9.53 Å². The summed E-state index contributed by atoms with van der Waals surface area (Å²) >= 11 is 0. The molecule has 0 amide bonds. The topological polar surface area (TPSA) is 46.5 Å². The molecule has 0 saturated heterocycles. The van der Waals surface area contributed by atoms with Crippen LogP contribution in [0.1, 0.15) is 33.1 Å². The van der Waals surface area contributed by atoms with E-state index >= 15 is 0 Å². The predicted octanol–water partition coefficient (Wildman–Crippen LogP) is 2.47. The number of allylic oxidation sites excluding steroid dienone is 1. The van der Waals surface area contributed by atoms with Gasteiger partial charge in [-0.2, -0.15) is 0 Å². The summed E-state index contributed by atoms with van der Waals surface area (Å²) in [4.78, 5) is 11.6. The lowest BCUT2D eigenvalue weighted by molar-refractivity contribution is -0.165. The van der Waals surface area contributed by atoms with E-state index in [4.69, 9.17) is 4.74 Å². The van der Waals surface area contributed by atoms with Gasteiger partial charge in [-0.15, -0.1) is 6.58 Å². The molecule has 3 heteroatoms. The van der Waals surface area contributed by atoms with Gasteiger partial charge in [-0.3, -0.25) is 4.79 Å². The Hall–Kier alpha value is -0.830. The van der Waals surface area contributed by atoms with E-state index in [9.17, 15) is 9.90 Å². The Morgan fingerprint density at radius 3 is 2.67 bits per heavy atom. The van der Waals surface area contributed by atoms with Crippen molar-refractivity contribution < 1.29 is 14.6 Å². The van der Waals surface area contributed by atoms with Gasteiger partial charge in [0.05, 0.1) is 6.10 Å². The molecule has 0 aromatic rings. The highest BCUT2D eigenvalue weighted by Crippen LogP contribution is 2.53. The second-order valence-electron chi connectivity index (χ2n) is 4.82. The van der Waals surface area contributed by atoms with Crippen molar-refractivity contribution in [2.45, 2.75) is 39.2 Å². The fourth-order valence-electron chi connectivity index (χ4n) is 2.73. The summed E-state index contributed by atoms with van der Waals surface area (Å²) in [6.07, 6.45) is 3.92. The zero-order valence-corrected chi connectivity index (χ0v) is 9.75. The molecule has 0 bridgehead atoms. The summed E-state index contributed by atoms with van der Waals surface area (Å²) in [6.45, 7) is 7.60. The number of rotatable bonds is 4. The SMILES string of the molecule is C=CC(C)(C)[C@]1(C(=O)O)CCC[C@H]1OC. The van der Waals surface area contributed by atoms with Crippen LogP contribution in [0.2, 0.25) is 0 Å². The third-order valence-electron chi connectivity index (χ3n) is 3.91. The van der Waals surface area contributed by atoms with Gasteiger partial charge in [-0.1, -0.05) is 19.9 Å². The first-order chi connectivity index (χ1) is 6.92. The molecule has 2 atom stereocenters. The van der Waals surface area contributed by atoms with E-state index in [0.29, 0.717) is 6.42 Å². The third-order valence-corrected chi connectivity index (χ3v) is 3.91. The molecule has 1 aliphatic carbocycles. The Balaban J connectivity index is 3.19. The van der Waals surface area contributed by atoms with E-state index in [-0.39, 0.29) is 6.10 Å². The van der Waals surface area contributed by atoms with E-state index in [1.54, 1.807) is 13.2 Å². The number of hydrogen-bond donors (Lipinski definition) is 1. The highest BCUT2D eigenvalue weighted by molar-refractivity contribution is 5.77. The van der Waals surface area contributed by atoms with Gasteiger partial charge in [0, 0.05) is 12.5 Å². The van der Waals surface area contributed by atoms with Crippen molar-refractivity contribution in [2.24, 2.45) is 10.8 Å². The number of carbonyl (C=O) groups is 1. The Morgan fingerprint density at radius 2 is 2.27 bits per heavy atom. The van der Waals surface area contributed by atoms with Crippen LogP contribution in [0.25, 0.3) is 0 Å². The lowest BCUT2D eigenvalue weighted by Gasteiger charge is -2.42. The minimum Gasteiger partial charge on any atom is -0.481 e. The second kappa shape index (κ2) is 3.97. The van der Waals surface area contributed by atoms with E-state index in [1.807, 2.05) is 13.8 Å². The molecule has 0 aliphatic heterocycles. The van der Waals surface area contributed by atoms with E-state index < -0.39 is 16.8 Å². The Labute approximate surface area is 91.1 Å². The minimum atomic E-state index is -0.816. The Morgan fingerprint density at radius 1 is 1.67 bits per heavy atom. The van der Waals surface area contributed by atoms with Gasteiger partial charge in [-0.25, -0.2) is 0 Å². The summed E-state index contributed by atoms with van der Waals surface area (Å²) in [5.74, 6) is -0.767. The lowest BCUT2D eigenvalue weighted by Crippen LogP contribution is -2.49. The Kier molecular flexibility index (Phi) is 3.24. The molecule has 1 saturated carbocycles. The summed E-state index contributed by atoms with van der Waals surface area (Å²) in [5.41, 5.74) is -1.26. The van der Waals surface area contributed by atoms with Crippen LogP contribution in [0.15, 0.2) is 12.7 Å². The highest BCUT2D eigenvalue weighted by Gasteiger charge is 2.57. The van der Waals surface area contributed by atoms with Crippen molar-refractivity contribution in [1.82, 2.24) is 0 Å². The van der Waals surface area contributed by atoms with Gasteiger partial charge in [0.1, 0.15) is 5.41 Å². The van der Waals surface area contributed by atoms with E-state index in [0.717, 1.165) is 12.8 Å². The molecular weight excluding hydrogens is 192 g/mol. The van der Waals surface area contributed by atoms with Crippen molar-refractivity contribution in [3.05, 3.63) is 12.7 Å². The average molecular weight is 212 g/mol. The molecule has 1 fully saturated rings. The molecule has 0 radical (unpaired) electrons. The summed E-state index contributed by atoms with van der Waals surface area (Å²) < 4.78 is 5.35. The molecule has 0 unspecified atom stereocenters. The second-order valence-corrected chi connectivity index (χ2v) is 4.82. The highest BCUT2D eigenvalue weighted by atomic mass is 16.5. The first kappa shape index (κ1) is 12.2. The number of carboxylic acids is 1. The van der Waals surface area contributed by atoms with Crippen LogP contribution < -0.4 is 0 Å². The van der Waals surface area contributed by atoms with Gasteiger partial charge < -0.3 is 9.84 Å². The first-order valence-electron chi connectivity index (χ1n) is 5.32. The van der Waals surface area contributed by atoms with Crippen LogP contribution in [0, 0.1) is 10.8 Å². The number of carboxylic acid groups (broad SMARTS) is 1. The molecule has 0 aromatic heterocycles. The summed E-state index contributed by atoms with van der Waals surface area (Å²) in [5, 5.41) is 9.50. The molecule has 1 aliphatic rings. The molecule has 1 N–H and O–H groups in total. The van der Waals surface area contributed by atoms with Gasteiger partial charge >= 0.3 is 5.97 Å². The van der Waals surface area contributed by atoms with Crippen LogP contribution >= 0.6 is 0 Å². The van der Waals surface area contributed by atoms with Crippen LogP contribution in [0.5, 0.6) is 0 Å². The van der Waals surface area contributed by atoms with Crippen LogP contribution in [-0.4, -0.2) is 24.3 Å². The van der Waals surface area contributed by atoms with Crippen molar-refractivity contribution in [3.8, 4) is 0 Å². The smallest absolute Gasteiger partial charge is 0.313 e. The van der Waals surface area contributed by atoms with Gasteiger partial charge in [-0.05, 0) is 19.3 Å². The molecule has 0 spiro atoms. The molecule has 1 rings (SSSR count). The molecular formula is C12H20O3. The maximum Gasteiger partial charge on any atom is 0.313 e. The molecule has 86 valence electrons. The zero-order chi connectivity index (χ0) is 11.7. The zero-order valence-electron chi connectivity index (χ0n) is 9.75. The first-order valence-corrected chi connectivity index (χ1v) is 5.32. The lowest BCUT2D eigenvalue weighted by atomic mass is 9.63. The van der Waals surface area contributed by atoms with Gasteiger partial charge in [0.25, 0.3) is 0 Å². The predicted molar refractivity (Wildman–Crippen MR) is 58.7 cm³/mol.